The molecule has 0 bridgehead atoms. The lowest BCUT2D eigenvalue weighted by atomic mass is 9.91. The monoisotopic (exact) mass is 415 g/mol. The SMILES string of the molecule is COc1ccc(CN2C(=O)/C(=C\c3ccc(OC)c(O)c3)c3ccccc3C2=O)cc1. The van der Waals surface area contributed by atoms with Crippen LogP contribution in [0.15, 0.2) is 66.7 Å². The van der Waals surface area contributed by atoms with E-state index >= 15 is 0 Å². The van der Waals surface area contributed by atoms with E-state index in [1.165, 1.54) is 18.1 Å². The Labute approximate surface area is 180 Å². The van der Waals surface area contributed by atoms with Gasteiger partial charge < -0.3 is 14.6 Å². The average molecular weight is 415 g/mol. The topological polar surface area (TPSA) is 76.1 Å². The zero-order valence-electron chi connectivity index (χ0n) is 17.2. The highest BCUT2D eigenvalue weighted by Crippen LogP contribution is 2.33. The Morgan fingerprint density at radius 1 is 0.871 bits per heavy atom. The third-order valence-electron chi connectivity index (χ3n) is 5.18. The summed E-state index contributed by atoms with van der Waals surface area (Å²) in [6, 6.07) is 19.1. The van der Waals surface area contributed by atoms with E-state index in [1.807, 2.05) is 12.1 Å². The van der Waals surface area contributed by atoms with Gasteiger partial charge in [0.2, 0.25) is 0 Å². The Kier molecular flexibility index (Phi) is 5.45. The van der Waals surface area contributed by atoms with Gasteiger partial charge in [-0.15, -0.1) is 0 Å². The molecule has 4 rings (SSSR count). The number of methoxy groups -OCH3 is 2. The highest BCUT2D eigenvalue weighted by Gasteiger charge is 2.34. The number of ether oxygens (including phenoxy) is 2. The predicted molar refractivity (Wildman–Crippen MR) is 117 cm³/mol. The molecule has 0 saturated heterocycles. The Balaban J connectivity index is 1.75. The first kappa shape index (κ1) is 20.2. The fraction of sp³-hybridized carbons (Fsp3) is 0.120. The number of rotatable bonds is 5. The Hall–Kier alpha value is -4.06. The first-order chi connectivity index (χ1) is 15.0. The van der Waals surface area contributed by atoms with Crippen molar-refractivity contribution in [2.75, 3.05) is 14.2 Å². The van der Waals surface area contributed by atoms with E-state index in [2.05, 4.69) is 0 Å². The fourth-order valence-electron chi connectivity index (χ4n) is 3.56. The smallest absolute Gasteiger partial charge is 0.261 e. The summed E-state index contributed by atoms with van der Waals surface area (Å²) in [5.41, 5.74) is 2.84. The molecule has 0 radical (unpaired) electrons. The zero-order chi connectivity index (χ0) is 22.0. The minimum Gasteiger partial charge on any atom is -0.504 e. The van der Waals surface area contributed by atoms with E-state index < -0.39 is 5.91 Å². The number of hydrogen-bond acceptors (Lipinski definition) is 5. The molecule has 3 aromatic rings. The Morgan fingerprint density at radius 3 is 2.23 bits per heavy atom. The number of carbonyl (C=O) groups excluding carboxylic acids is 2. The molecule has 1 N–H and O–H groups in total. The Morgan fingerprint density at radius 2 is 1.58 bits per heavy atom. The van der Waals surface area contributed by atoms with Crippen molar-refractivity contribution in [2.45, 2.75) is 6.54 Å². The molecular formula is C25H21NO5. The van der Waals surface area contributed by atoms with E-state index in [4.69, 9.17) is 9.47 Å². The summed E-state index contributed by atoms with van der Waals surface area (Å²) in [7, 11) is 3.05. The molecule has 0 aliphatic carbocycles. The number of phenols is 1. The lowest BCUT2D eigenvalue weighted by Crippen LogP contribution is -2.41. The van der Waals surface area contributed by atoms with Crippen LogP contribution in [0.1, 0.15) is 27.0 Å². The van der Waals surface area contributed by atoms with Crippen molar-refractivity contribution < 1.29 is 24.2 Å². The van der Waals surface area contributed by atoms with E-state index in [0.29, 0.717) is 33.8 Å². The summed E-state index contributed by atoms with van der Waals surface area (Å²) in [6.45, 7) is 0.140. The van der Waals surface area contributed by atoms with Crippen LogP contribution < -0.4 is 9.47 Å². The van der Waals surface area contributed by atoms with Crippen molar-refractivity contribution in [2.24, 2.45) is 0 Å². The van der Waals surface area contributed by atoms with E-state index in [-0.39, 0.29) is 18.2 Å². The van der Waals surface area contributed by atoms with Gasteiger partial charge >= 0.3 is 0 Å². The van der Waals surface area contributed by atoms with Crippen LogP contribution in [0, 0.1) is 0 Å². The summed E-state index contributed by atoms with van der Waals surface area (Å²) in [5.74, 6) is 0.277. The van der Waals surface area contributed by atoms with Crippen molar-refractivity contribution in [3.05, 3.63) is 89.0 Å². The second-order valence-corrected chi connectivity index (χ2v) is 7.08. The van der Waals surface area contributed by atoms with Crippen LogP contribution >= 0.6 is 0 Å². The van der Waals surface area contributed by atoms with Gasteiger partial charge in [-0.3, -0.25) is 14.5 Å². The molecule has 1 aliphatic heterocycles. The van der Waals surface area contributed by atoms with Crippen molar-refractivity contribution >= 4 is 23.5 Å². The van der Waals surface area contributed by atoms with Gasteiger partial charge in [0.1, 0.15) is 5.75 Å². The highest BCUT2D eigenvalue weighted by molar-refractivity contribution is 6.33. The van der Waals surface area contributed by atoms with Crippen LogP contribution in [-0.2, 0) is 11.3 Å². The second-order valence-electron chi connectivity index (χ2n) is 7.08. The van der Waals surface area contributed by atoms with E-state index in [0.717, 1.165) is 5.56 Å². The maximum atomic E-state index is 13.4. The summed E-state index contributed by atoms with van der Waals surface area (Å²) in [6.07, 6.45) is 1.67. The van der Waals surface area contributed by atoms with Gasteiger partial charge in [-0.25, -0.2) is 0 Å². The molecule has 6 nitrogen and oxygen atoms in total. The van der Waals surface area contributed by atoms with E-state index in [1.54, 1.807) is 61.7 Å². The summed E-state index contributed by atoms with van der Waals surface area (Å²) < 4.78 is 10.3. The molecule has 0 aromatic heterocycles. The summed E-state index contributed by atoms with van der Waals surface area (Å²) >= 11 is 0. The first-order valence-electron chi connectivity index (χ1n) is 9.69. The quantitative estimate of drug-likeness (QED) is 0.501. The first-order valence-corrected chi connectivity index (χ1v) is 9.69. The standard InChI is InChI=1S/C25H21NO5/c1-30-18-10-7-16(8-11-18)15-26-24(28)20-6-4-3-5-19(20)21(25(26)29)13-17-9-12-23(31-2)22(27)14-17/h3-14,27H,15H2,1-2H3/b21-13-. The van der Waals surface area contributed by atoms with Crippen molar-refractivity contribution in [3.8, 4) is 17.2 Å². The molecule has 6 heteroatoms. The molecule has 0 saturated carbocycles. The number of hydrogen-bond donors (Lipinski definition) is 1. The zero-order valence-corrected chi connectivity index (χ0v) is 17.2. The molecule has 0 unspecified atom stereocenters. The number of amides is 2. The van der Waals surface area contributed by atoms with Gasteiger partial charge in [-0.05, 0) is 53.1 Å². The van der Waals surface area contributed by atoms with Gasteiger partial charge in [0.15, 0.2) is 11.5 Å². The number of carbonyl (C=O) groups is 2. The van der Waals surface area contributed by atoms with Gasteiger partial charge in [0, 0.05) is 11.1 Å². The Bertz CT molecular complexity index is 1180. The van der Waals surface area contributed by atoms with Crippen LogP contribution in [0.2, 0.25) is 0 Å². The molecule has 31 heavy (non-hydrogen) atoms. The molecule has 156 valence electrons. The highest BCUT2D eigenvalue weighted by atomic mass is 16.5. The number of nitrogens with zero attached hydrogens (tertiary/aromatic N) is 1. The van der Waals surface area contributed by atoms with Gasteiger partial charge in [0.25, 0.3) is 11.8 Å². The number of benzene rings is 3. The van der Waals surface area contributed by atoms with E-state index in [9.17, 15) is 14.7 Å². The maximum Gasteiger partial charge on any atom is 0.261 e. The normalized spacial score (nSPS) is 14.5. The van der Waals surface area contributed by atoms with Crippen molar-refractivity contribution in [3.63, 3.8) is 0 Å². The molecule has 0 fully saturated rings. The van der Waals surface area contributed by atoms with Gasteiger partial charge in [-0.2, -0.15) is 0 Å². The van der Waals surface area contributed by atoms with Crippen LogP contribution in [0.25, 0.3) is 11.6 Å². The predicted octanol–water partition coefficient (Wildman–Crippen LogP) is 4.13. The summed E-state index contributed by atoms with van der Waals surface area (Å²) in [4.78, 5) is 27.7. The van der Waals surface area contributed by atoms with Crippen LogP contribution in [0.3, 0.4) is 0 Å². The van der Waals surface area contributed by atoms with Crippen molar-refractivity contribution in [1.29, 1.82) is 0 Å². The minimum absolute atomic E-state index is 0.0282. The fourth-order valence-corrected chi connectivity index (χ4v) is 3.56. The number of imide groups is 1. The molecule has 1 aliphatic rings. The lowest BCUT2D eigenvalue weighted by molar-refractivity contribution is -0.123. The second kappa shape index (κ2) is 8.36. The van der Waals surface area contributed by atoms with Crippen LogP contribution in [-0.4, -0.2) is 36.0 Å². The lowest BCUT2D eigenvalue weighted by Gasteiger charge is -2.29. The largest absolute Gasteiger partial charge is 0.504 e. The average Bonchev–Trinajstić information content (AvgIpc) is 2.80. The van der Waals surface area contributed by atoms with Crippen LogP contribution in [0.5, 0.6) is 17.2 Å². The maximum absolute atomic E-state index is 13.4. The van der Waals surface area contributed by atoms with Crippen molar-refractivity contribution in [1.82, 2.24) is 4.90 Å². The number of fused-ring (bicyclic) bond motifs is 1. The van der Waals surface area contributed by atoms with Gasteiger partial charge in [-0.1, -0.05) is 36.4 Å². The third-order valence-corrected chi connectivity index (χ3v) is 5.18. The third kappa shape index (κ3) is 3.88. The summed E-state index contributed by atoms with van der Waals surface area (Å²) in [5, 5.41) is 10.1. The molecule has 2 amide bonds. The van der Waals surface area contributed by atoms with Gasteiger partial charge in [0.05, 0.1) is 20.8 Å². The molecular weight excluding hydrogens is 394 g/mol. The van der Waals surface area contributed by atoms with Crippen LogP contribution in [0.4, 0.5) is 0 Å². The minimum atomic E-state index is -0.394. The molecule has 3 aromatic carbocycles. The molecule has 1 heterocycles. The number of aromatic hydroxyl groups is 1. The number of phenolic OH excluding ortho intramolecular Hbond substituents is 1. The molecule has 0 spiro atoms. The molecule has 0 atom stereocenters.